The van der Waals surface area contributed by atoms with Gasteiger partial charge in [0.1, 0.15) is 27.6 Å². The van der Waals surface area contributed by atoms with Crippen LogP contribution in [0.25, 0.3) is 81.7 Å². The van der Waals surface area contributed by atoms with Crippen molar-refractivity contribution in [3.05, 3.63) is 120 Å². The summed E-state index contributed by atoms with van der Waals surface area (Å²) in [7, 11) is 0. The Kier molecular flexibility index (Phi) is 5.53. The van der Waals surface area contributed by atoms with E-state index in [1.54, 1.807) is 17.4 Å². The number of halogens is 1. The highest BCUT2D eigenvalue weighted by Gasteiger charge is 2.24. The second-order valence-electron chi connectivity index (χ2n) is 11.5. The standard InChI is InChI=1S/C38H25FN4OS/c1-20-12-14-26(36-33(20)25-15-17-29(42-38(25)45-36)28-16-13-23(39)19-40-28)37-41-30-9-5-6-10-31(30)43(37)34-21(2)18-27-24-8-4-7-11-32(24)44-35(27)22(34)3/h4-19H,1-3H3. The molecule has 4 aromatic carbocycles. The van der Waals surface area contributed by atoms with Crippen LogP contribution in [0.1, 0.15) is 16.7 Å². The number of thiophene rings is 1. The number of hydrogen-bond acceptors (Lipinski definition) is 5. The molecule has 45 heavy (non-hydrogen) atoms. The van der Waals surface area contributed by atoms with E-state index in [2.05, 4.69) is 84.9 Å². The largest absolute Gasteiger partial charge is 0.456 e. The van der Waals surface area contributed by atoms with Gasteiger partial charge in [0.05, 0.1) is 34.3 Å². The molecule has 0 atom stereocenters. The lowest BCUT2D eigenvalue weighted by Gasteiger charge is -2.16. The normalized spacial score (nSPS) is 12.0. The van der Waals surface area contributed by atoms with Crippen molar-refractivity contribution in [3.63, 3.8) is 0 Å². The van der Waals surface area contributed by atoms with Gasteiger partial charge >= 0.3 is 0 Å². The number of pyridine rings is 2. The molecule has 7 heteroatoms. The topological polar surface area (TPSA) is 56.7 Å². The summed E-state index contributed by atoms with van der Waals surface area (Å²) in [6.07, 6.45) is 1.23. The third-order valence-electron chi connectivity index (χ3n) is 8.77. The quantitative estimate of drug-likeness (QED) is 0.201. The third kappa shape index (κ3) is 3.80. The van der Waals surface area contributed by atoms with Crippen molar-refractivity contribution < 1.29 is 8.81 Å². The summed E-state index contributed by atoms with van der Waals surface area (Å²) in [5, 5.41) is 4.49. The fourth-order valence-corrected chi connectivity index (χ4v) is 7.99. The molecule has 5 aromatic heterocycles. The maximum absolute atomic E-state index is 13.6. The van der Waals surface area contributed by atoms with Crippen LogP contribution in [-0.4, -0.2) is 19.5 Å². The van der Waals surface area contributed by atoms with E-state index in [0.717, 1.165) is 76.1 Å². The number of fused-ring (bicyclic) bond motifs is 7. The molecule has 9 rings (SSSR count). The summed E-state index contributed by atoms with van der Waals surface area (Å²) in [6.45, 7) is 6.45. The minimum atomic E-state index is -0.366. The Morgan fingerprint density at radius 3 is 2.44 bits per heavy atom. The zero-order chi connectivity index (χ0) is 30.4. The van der Waals surface area contributed by atoms with Gasteiger partial charge < -0.3 is 4.42 Å². The van der Waals surface area contributed by atoms with Crippen molar-refractivity contribution in [3.8, 4) is 28.5 Å². The molecule has 216 valence electrons. The van der Waals surface area contributed by atoms with Gasteiger partial charge in [-0.25, -0.2) is 14.4 Å². The molecule has 0 saturated carbocycles. The molecule has 0 aliphatic rings. The van der Waals surface area contributed by atoms with E-state index in [-0.39, 0.29) is 5.82 Å². The van der Waals surface area contributed by atoms with E-state index in [4.69, 9.17) is 14.4 Å². The lowest BCUT2D eigenvalue weighted by molar-refractivity contribution is 0.622. The van der Waals surface area contributed by atoms with Gasteiger partial charge in [0, 0.05) is 37.4 Å². The summed E-state index contributed by atoms with van der Waals surface area (Å²) in [5.74, 6) is 0.504. The summed E-state index contributed by atoms with van der Waals surface area (Å²) < 4.78 is 23.4. The number of benzene rings is 4. The predicted molar refractivity (Wildman–Crippen MR) is 182 cm³/mol. The molecule has 0 unspecified atom stereocenters. The first-order chi connectivity index (χ1) is 22.0. The zero-order valence-electron chi connectivity index (χ0n) is 24.7. The Balaban J connectivity index is 1.33. The molecule has 5 heterocycles. The second-order valence-corrected chi connectivity index (χ2v) is 12.5. The first-order valence-corrected chi connectivity index (χ1v) is 15.6. The molecule has 0 saturated heterocycles. The van der Waals surface area contributed by atoms with Gasteiger partial charge in [0.2, 0.25) is 0 Å². The number of para-hydroxylation sites is 3. The molecule has 0 fully saturated rings. The zero-order valence-corrected chi connectivity index (χ0v) is 25.5. The number of rotatable bonds is 3. The molecule has 5 nitrogen and oxygen atoms in total. The van der Waals surface area contributed by atoms with E-state index in [1.165, 1.54) is 23.2 Å². The van der Waals surface area contributed by atoms with Crippen LogP contribution in [0.15, 0.2) is 102 Å². The number of aryl methyl sites for hydroxylation is 3. The van der Waals surface area contributed by atoms with Gasteiger partial charge in [-0.1, -0.05) is 36.4 Å². The van der Waals surface area contributed by atoms with Crippen LogP contribution in [0.3, 0.4) is 0 Å². The number of imidazole rings is 1. The first kappa shape index (κ1) is 26.0. The Bertz CT molecular complexity index is 2650. The summed E-state index contributed by atoms with van der Waals surface area (Å²) in [6, 6.07) is 30.2. The molecule has 0 radical (unpaired) electrons. The van der Waals surface area contributed by atoms with Crippen LogP contribution in [0, 0.1) is 26.6 Å². The van der Waals surface area contributed by atoms with Crippen LogP contribution >= 0.6 is 11.3 Å². The van der Waals surface area contributed by atoms with Crippen molar-refractivity contribution >= 4 is 64.6 Å². The van der Waals surface area contributed by atoms with Crippen molar-refractivity contribution in [2.75, 3.05) is 0 Å². The van der Waals surface area contributed by atoms with E-state index in [0.29, 0.717) is 11.4 Å². The van der Waals surface area contributed by atoms with Crippen LogP contribution < -0.4 is 0 Å². The van der Waals surface area contributed by atoms with E-state index < -0.39 is 0 Å². The average Bonchev–Trinajstić information content (AvgIpc) is 3.74. The van der Waals surface area contributed by atoms with E-state index >= 15 is 0 Å². The van der Waals surface area contributed by atoms with E-state index in [1.807, 2.05) is 24.3 Å². The van der Waals surface area contributed by atoms with E-state index in [9.17, 15) is 4.39 Å². The number of furan rings is 1. The molecule has 9 aromatic rings. The van der Waals surface area contributed by atoms with Crippen molar-refractivity contribution in [1.29, 1.82) is 0 Å². The molecule has 0 bridgehead atoms. The highest BCUT2D eigenvalue weighted by Crippen LogP contribution is 2.44. The Morgan fingerprint density at radius 1 is 0.756 bits per heavy atom. The average molecular weight is 605 g/mol. The molecule has 0 aliphatic carbocycles. The smallest absolute Gasteiger partial charge is 0.147 e. The number of nitrogens with zero attached hydrogens (tertiary/aromatic N) is 4. The highest BCUT2D eigenvalue weighted by molar-refractivity contribution is 7.26. The minimum Gasteiger partial charge on any atom is -0.456 e. The molecule has 0 spiro atoms. The van der Waals surface area contributed by atoms with Gasteiger partial charge in [0.15, 0.2) is 0 Å². The van der Waals surface area contributed by atoms with Crippen LogP contribution in [0.5, 0.6) is 0 Å². The lowest BCUT2D eigenvalue weighted by atomic mass is 10.0. The van der Waals surface area contributed by atoms with Crippen LogP contribution in [0.4, 0.5) is 4.39 Å². The summed E-state index contributed by atoms with van der Waals surface area (Å²) >= 11 is 1.65. The van der Waals surface area contributed by atoms with Gasteiger partial charge in [-0.15, -0.1) is 11.3 Å². The Labute approximate surface area is 261 Å². The molecular weight excluding hydrogens is 580 g/mol. The van der Waals surface area contributed by atoms with Gasteiger partial charge in [-0.2, -0.15) is 0 Å². The Morgan fingerprint density at radius 2 is 1.58 bits per heavy atom. The highest BCUT2D eigenvalue weighted by atomic mass is 32.1. The molecule has 0 N–H and O–H groups in total. The van der Waals surface area contributed by atoms with Crippen molar-refractivity contribution in [1.82, 2.24) is 19.5 Å². The first-order valence-electron chi connectivity index (χ1n) is 14.8. The molecule has 0 amide bonds. The van der Waals surface area contributed by atoms with Gasteiger partial charge in [-0.05, 0) is 86.5 Å². The van der Waals surface area contributed by atoms with Gasteiger partial charge in [-0.3, -0.25) is 9.55 Å². The summed E-state index contributed by atoms with van der Waals surface area (Å²) in [5.41, 5.74) is 10.6. The summed E-state index contributed by atoms with van der Waals surface area (Å²) in [4.78, 5) is 15.4. The van der Waals surface area contributed by atoms with Crippen LogP contribution in [-0.2, 0) is 0 Å². The molecule has 0 aliphatic heterocycles. The fourth-order valence-electron chi connectivity index (χ4n) is 6.73. The number of hydrogen-bond donors (Lipinski definition) is 0. The maximum Gasteiger partial charge on any atom is 0.147 e. The lowest BCUT2D eigenvalue weighted by Crippen LogP contribution is -2.03. The monoisotopic (exact) mass is 604 g/mol. The molecular formula is C38H25FN4OS. The Hall–Kier alpha value is -5.40. The van der Waals surface area contributed by atoms with Gasteiger partial charge in [0.25, 0.3) is 0 Å². The predicted octanol–water partition coefficient (Wildman–Crippen LogP) is 10.5. The third-order valence-corrected chi connectivity index (χ3v) is 9.91. The maximum atomic E-state index is 13.6. The SMILES string of the molecule is Cc1cc2c(oc3ccccc32)c(C)c1-n1c(-c2ccc(C)c3c2sc2nc(-c4ccc(F)cn4)ccc23)nc2ccccc21. The number of aromatic nitrogens is 4. The van der Waals surface area contributed by atoms with Crippen molar-refractivity contribution in [2.24, 2.45) is 0 Å². The van der Waals surface area contributed by atoms with Crippen molar-refractivity contribution in [2.45, 2.75) is 20.8 Å². The second kappa shape index (κ2) is 9.55. The fraction of sp³-hybridized carbons (Fsp3) is 0.0789. The van der Waals surface area contributed by atoms with Crippen LogP contribution in [0.2, 0.25) is 0 Å². The minimum absolute atomic E-state index is 0.366.